The van der Waals surface area contributed by atoms with Crippen LogP contribution in [0.4, 0.5) is 0 Å². The van der Waals surface area contributed by atoms with Crippen molar-refractivity contribution < 1.29 is 4.74 Å². The zero-order chi connectivity index (χ0) is 24.3. The predicted molar refractivity (Wildman–Crippen MR) is 144 cm³/mol. The van der Waals surface area contributed by atoms with Crippen molar-refractivity contribution >= 4 is 16.7 Å². The van der Waals surface area contributed by atoms with Gasteiger partial charge in [0.25, 0.3) is 0 Å². The Morgan fingerprint density at radius 2 is 1.86 bits per heavy atom. The number of para-hydroxylation sites is 2. The molecule has 4 aliphatic rings. The maximum atomic E-state index is 6.38. The van der Waals surface area contributed by atoms with Gasteiger partial charge in [-0.25, -0.2) is 4.98 Å². The highest BCUT2D eigenvalue weighted by atomic mass is 16.5. The molecule has 2 fully saturated rings. The molecule has 0 aliphatic heterocycles. The summed E-state index contributed by atoms with van der Waals surface area (Å²) in [5, 5.41) is 0. The molecule has 4 aliphatic carbocycles. The summed E-state index contributed by atoms with van der Waals surface area (Å²) in [5.41, 5.74) is 7.26. The molecule has 2 aromatic heterocycles. The molecule has 4 heteroatoms. The molecule has 6 atom stereocenters. The molecule has 36 heavy (non-hydrogen) atoms. The fourth-order valence-electron chi connectivity index (χ4n) is 8.54. The summed E-state index contributed by atoms with van der Waals surface area (Å²) in [6, 6.07) is 12.7. The summed E-state index contributed by atoms with van der Waals surface area (Å²) in [6.45, 7) is 5.81. The Kier molecular flexibility index (Phi) is 5.25. The zero-order valence-corrected chi connectivity index (χ0v) is 21.6. The largest absolute Gasteiger partial charge is 0.373 e. The number of allylic oxidation sites excluding steroid dienone is 3. The van der Waals surface area contributed by atoms with Crippen LogP contribution in [0.1, 0.15) is 64.4 Å². The highest BCUT2D eigenvalue weighted by Gasteiger charge is 2.57. The first-order valence-corrected chi connectivity index (χ1v) is 13.9. The molecule has 2 heterocycles. The summed E-state index contributed by atoms with van der Waals surface area (Å²) in [7, 11) is 0. The highest BCUT2D eigenvalue weighted by molar-refractivity contribution is 5.80. The monoisotopic (exact) mass is 479 g/mol. The second-order valence-corrected chi connectivity index (χ2v) is 12.2. The molecule has 0 radical (unpaired) electrons. The lowest BCUT2D eigenvalue weighted by Gasteiger charge is -2.57. The van der Waals surface area contributed by atoms with Crippen molar-refractivity contribution in [2.75, 3.05) is 0 Å². The van der Waals surface area contributed by atoms with Crippen molar-refractivity contribution in [2.24, 2.45) is 28.6 Å². The lowest BCUT2D eigenvalue weighted by molar-refractivity contribution is -0.0428. The molecule has 7 rings (SSSR count). The molecule has 1 aromatic carbocycles. The summed E-state index contributed by atoms with van der Waals surface area (Å²) in [6.07, 6.45) is 19.9. The molecule has 4 nitrogen and oxygen atoms in total. The molecule has 2 saturated carbocycles. The van der Waals surface area contributed by atoms with Crippen molar-refractivity contribution in [1.82, 2.24) is 14.5 Å². The first-order chi connectivity index (χ1) is 17.6. The van der Waals surface area contributed by atoms with Crippen LogP contribution >= 0.6 is 0 Å². The van der Waals surface area contributed by atoms with Crippen molar-refractivity contribution in [3.63, 3.8) is 0 Å². The number of rotatable bonds is 4. The van der Waals surface area contributed by atoms with Gasteiger partial charge in [-0.05, 0) is 91.9 Å². The van der Waals surface area contributed by atoms with E-state index in [9.17, 15) is 0 Å². The molecular weight excluding hydrogens is 442 g/mol. The molecule has 0 bridgehead atoms. The molecule has 0 spiro atoms. The third kappa shape index (κ3) is 3.37. The number of pyridine rings is 1. The van der Waals surface area contributed by atoms with E-state index in [1.165, 1.54) is 55.3 Å². The second-order valence-electron chi connectivity index (χ2n) is 12.2. The smallest absolute Gasteiger partial charge is 0.100 e. The number of nitrogens with zero attached hydrogens (tertiary/aromatic N) is 3. The van der Waals surface area contributed by atoms with Crippen LogP contribution in [0.5, 0.6) is 0 Å². The number of fused-ring (bicyclic) bond motifs is 6. The lowest BCUT2D eigenvalue weighted by atomic mass is 9.47. The van der Waals surface area contributed by atoms with Gasteiger partial charge in [0, 0.05) is 23.5 Å². The van der Waals surface area contributed by atoms with Crippen LogP contribution in [0.2, 0.25) is 0 Å². The van der Waals surface area contributed by atoms with E-state index in [1.54, 1.807) is 5.57 Å². The first-order valence-electron chi connectivity index (χ1n) is 13.9. The lowest BCUT2D eigenvalue weighted by Crippen LogP contribution is -2.50. The average Bonchev–Trinajstić information content (AvgIpc) is 3.48. The van der Waals surface area contributed by atoms with Gasteiger partial charge in [-0.2, -0.15) is 0 Å². The summed E-state index contributed by atoms with van der Waals surface area (Å²) < 4.78 is 8.77. The summed E-state index contributed by atoms with van der Waals surface area (Å²) >= 11 is 0. The fraction of sp³-hybridized carbons (Fsp3) is 0.500. The van der Waals surface area contributed by atoms with E-state index < -0.39 is 0 Å². The molecule has 0 saturated heterocycles. The minimum absolute atomic E-state index is 0.233. The minimum Gasteiger partial charge on any atom is -0.373 e. The number of hydrogen-bond acceptors (Lipinski definition) is 3. The Bertz CT molecular complexity index is 1340. The van der Waals surface area contributed by atoms with Gasteiger partial charge < -0.3 is 9.30 Å². The molecule has 3 aromatic rings. The van der Waals surface area contributed by atoms with E-state index in [4.69, 9.17) is 9.72 Å². The first kappa shape index (κ1) is 22.5. The molecule has 0 amide bonds. The molecular formula is C32H37N3O. The van der Waals surface area contributed by atoms with E-state index in [0.717, 1.165) is 29.7 Å². The SMILES string of the molecule is C[C@]12CCC(OCc3cccnc3)CC1=CC[C@@H]1[C@@H]2CC[C@]2(C)C(n3cnc4ccccc43)=CC[C@@H]12. The van der Waals surface area contributed by atoms with Crippen LogP contribution in [-0.4, -0.2) is 20.6 Å². The zero-order valence-electron chi connectivity index (χ0n) is 21.6. The summed E-state index contributed by atoms with van der Waals surface area (Å²) in [5.74, 6) is 2.29. The summed E-state index contributed by atoms with van der Waals surface area (Å²) in [4.78, 5) is 8.96. The number of ether oxygens (including phenoxy) is 1. The normalized spacial score (nSPS) is 35.5. The van der Waals surface area contributed by atoms with Gasteiger partial charge >= 0.3 is 0 Å². The van der Waals surface area contributed by atoms with Gasteiger partial charge in [-0.3, -0.25) is 4.98 Å². The third-order valence-electron chi connectivity index (χ3n) is 10.5. The van der Waals surface area contributed by atoms with Crippen LogP contribution in [0.15, 0.2) is 72.8 Å². The van der Waals surface area contributed by atoms with Gasteiger partial charge in [0.1, 0.15) is 6.33 Å². The maximum Gasteiger partial charge on any atom is 0.100 e. The van der Waals surface area contributed by atoms with Gasteiger partial charge in [-0.15, -0.1) is 0 Å². The minimum atomic E-state index is 0.233. The van der Waals surface area contributed by atoms with Gasteiger partial charge in [0.2, 0.25) is 0 Å². The fourth-order valence-corrected chi connectivity index (χ4v) is 8.54. The van der Waals surface area contributed by atoms with Gasteiger partial charge in [-0.1, -0.05) is 49.8 Å². The average molecular weight is 480 g/mol. The topological polar surface area (TPSA) is 39.9 Å². The van der Waals surface area contributed by atoms with Crippen LogP contribution in [0, 0.1) is 28.6 Å². The van der Waals surface area contributed by atoms with E-state index in [1.807, 2.05) is 18.5 Å². The second kappa shape index (κ2) is 8.41. The maximum absolute atomic E-state index is 6.38. The highest BCUT2D eigenvalue weighted by Crippen LogP contribution is 2.65. The standard InChI is InChI=1S/C32H37N3O/c1-31-15-13-24(36-20-22-6-5-17-33-19-22)18-23(31)9-10-25-26-11-12-30(32(26,2)16-14-27(25)31)35-21-34-28-7-3-4-8-29(28)35/h3-9,12,17,19,21,24-27H,10-11,13-16,18,20H2,1-2H3/t24?,25-,26-,27-,31-,32-/m0/s1. The number of hydrogen-bond donors (Lipinski definition) is 0. The predicted octanol–water partition coefficient (Wildman–Crippen LogP) is 7.43. The van der Waals surface area contributed by atoms with Crippen molar-refractivity contribution in [3.05, 3.63) is 78.4 Å². The van der Waals surface area contributed by atoms with Crippen molar-refractivity contribution in [2.45, 2.75) is 71.5 Å². The number of benzene rings is 1. The molecule has 186 valence electrons. The Balaban J connectivity index is 1.11. The number of aromatic nitrogens is 3. The van der Waals surface area contributed by atoms with E-state index in [-0.39, 0.29) is 5.41 Å². The van der Waals surface area contributed by atoms with Crippen LogP contribution in [0.3, 0.4) is 0 Å². The van der Waals surface area contributed by atoms with Crippen LogP contribution in [-0.2, 0) is 11.3 Å². The Morgan fingerprint density at radius 3 is 2.75 bits per heavy atom. The Hall–Kier alpha value is -2.72. The molecule has 0 N–H and O–H groups in total. The van der Waals surface area contributed by atoms with Crippen molar-refractivity contribution in [1.29, 1.82) is 0 Å². The van der Waals surface area contributed by atoms with Crippen LogP contribution < -0.4 is 0 Å². The van der Waals surface area contributed by atoms with Crippen molar-refractivity contribution in [3.8, 4) is 0 Å². The van der Waals surface area contributed by atoms with E-state index in [2.05, 4.69) is 72.2 Å². The Labute approximate surface area is 214 Å². The van der Waals surface area contributed by atoms with E-state index in [0.29, 0.717) is 18.1 Å². The Morgan fingerprint density at radius 1 is 0.972 bits per heavy atom. The van der Waals surface area contributed by atoms with Gasteiger partial charge in [0.05, 0.1) is 23.7 Å². The number of imidazole rings is 1. The third-order valence-corrected chi connectivity index (χ3v) is 10.5. The van der Waals surface area contributed by atoms with Crippen LogP contribution in [0.25, 0.3) is 16.7 Å². The quantitative estimate of drug-likeness (QED) is 0.365. The van der Waals surface area contributed by atoms with Gasteiger partial charge in [0.15, 0.2) is 0 Å². The van der Waals surface area contributed by atoms with E-state index >= 15 is 0 Å². The molecule has 1 unspecified atom stereocenters.